The third kappa shape index (κ3) is 4.71. The van der Waals surface area contributed by atoms with Crippen molar-refractivity contribution in [3.8, 4) is 0 Å². The van der Waals surface area contributed by atoms with Crippen molar-refractivity contribution in [2.45, 2.75) is 23.6 Å². The number of rotatable bonds is 6. The lowest BCUT2D eigenvalue weighted by atomic mass is 10.2. The zero-order chi connectivity index (χ0) is 20.4. The van der Waals surface area contributed by atoms with E-state index >= 15 is 0 Å². The molecule has 0 atom stereocenters. The molecule has 146 valence electrons. The van der Waals surface area contributed by atoms with Gasteiger partial charge in [-0.15, -0.1) is 0 Å². The second-order valence-electron chi connectivity index (χ2n) is 6.42. The zero-order valence-corrected chi connectivity index (χ0v) is 17.0. The predicted molar refractivity (Wildman–Crippen MR) is 110 cm³/mol. The Bertz CT molecular complexity index is 1190. The molecule has 0 bridgehead atoms. The van der Waals surface area contributed by atoms with Crippen molar-refractivity contribution in [2.24, 2.45) is 0 Å². The van der Waals surface area contributed by atoms with Gasteiger partial charge in [0.15, 0.2) is 0 Å². The molecule has 3 aromatic rings. The van der Waals surface area contributed by atoms with Crippen molar-refractivity contribution >= 4 is 31.4 Å². The summed E-state index contributed by atoms with van der Waals surface area (Å²) >= 11 is 0. The van der Waals surface area contributed by atoms with Crippen LogP contribution in [0.3, 0.4) is 0 Å². The quantitative estimate of drug-likeness (QED) is 0.637. The van der Waals surface area contributed by atoms with Gasteiger partial charge in [-0.25, -0.2) is 16.8 Å². The molecule has 0 spiro atoms. The maximum atomic E-state index is 12.6. The van der Waals surface area contributed by atoms with Crippen LogP contribution in [-0.2, 0) is 20.0 Å². The number of benzene rings is 3. The van der Waals surface area contributed by atoms with E-state index < -0.39 is 20.0 Å². The molecule has 0 aliphatic heterocycles. The van der Waals surface area contributed by atoms with Crippen molar-refractivity contribution in [1.29, 1.82) is 0 Å². The van der Waals surface area contributed by atoms with Crippen molar-refractivity contribution in [1.82, 2.24) is 0 Å². The summed E-state index contributed by atoms with van der Waals surface area (Å²) in [5, 5.41) is 0. The van der Waals surface area contributed by atoms with Crippen molar-refractivity contribution < 1.29 is 16.8 Å². The van der Waals surface area contributed by atoms with Gasteiger partial charge in [0.25, 0.3) is 20.0 Å². The topological polar surface area (TPSA) is 92.3 Å². The smallest absolute Gasteiger partial charge is 0.261 e. The Morgan fingerprint density at radius 2 is 1.07 bits per heavy atom. The molecular formula is C20H20N2O4S2. The first kappa shape index (κ1) is 19.9. The third-order valence-electron chi connectivity index (χ3n) is 4.03. The van der Waals surface area contributed by atoms with Crippen LogP contribution in [0.1, 0.15) is 11.1 Å². The summed E-state index contributed by atoms with van der Waals surface area (Å²) in [6.07, 6.45) is 0. The molecule has 8 heteroatoms. The highest BCUT2D eigenvalue weighted by Gasteiger charge is 2.18. The molecule has 0 aliphatic carbocycles. The Morgan fingerprint density at radius 3 is 1.68 bits per heavy atom. The van der Waals surface area contributed by atoms with Gasteiger partial charge in [-0.1, -0.05) is 41.5 Å². The van der Waals surface area contributed by atoms with Gasteiger partial charge < -0.3 is 0 Å². The number of sulfonamides is 2. The van der Waals surface area contributed by atoms with E-state index in [2.05, 4.69) is 9.44 Å². The van der Waals surface area contributed by atoms with Gasteiger partial charge in [0.05, 0.1) is 15.5 Å². The second kappa shape index (κ2) is 7.65. The molecule has 0 heterocycles. The van der Waals surface area contributed by atoms with Gasteiger partial charge in [-0.3, -0.25) is 9.44 Å². The standard InChI is InChI=1S/C20H20N2O4S2/c1-15-6-10-17(11-7-15)21-28(25,26)20-5-3-4-18(14-20)22-27(23,24)19-12-8-16(2)9-13-19/h3-14,21-22H,1-2H3. The van der Waals surface area contributed by atoms with E-state index in [1.807, 2.05) is 13.8 Å². The monoisotopic (exact) mass is 416 g/mol. The lowest BCUT2D eigenvalue weighted by Crippen LogP contribution is -2.15. The molecule has 0 fully saturated rings. The highest BCUT2D eigenvalue weighted by Crippen LogP contribution is 2.22. The summed E-state index contributed by atoms with van der Waals surface area (Å²) in [5.41, 5.74) is 2.54. The van der Waals surface area contributed by atoms with E-state index in [0.29, 0.717) is 5.69 Å². The van der Waals surface area contributed by atoms with Crippen LogP contribution in [0.2, 0.25) is 0 Å². The normalized spacial score (nSPS) is 11.8. The van der Waals surface area contributed by atoms with Crippen molar-refractivity contribution in [3.05, 3.63) is 83.9 Å². The molecule has 0 radical (unpaired) electrons. The number of nitrogens with one attached hydrogen (secondary N) is 2. The Hall–Kier alpha value is -2.84. The Morgan fingerprint density at radius 1 is 0.571 bits per heavy atom. The zero-order valence-electron chi connectivity index (χ0n) is 15.4. The molecule has 28 heavy (non-hydrogen) atoms. The molecule has 3 rings (SSSR count). The molecule has 0 saturated carbocycles. The summed E-state index contributed by atoms with van der Waals surface area (Å²) in [6.45, 7) is 3.76. The minimum atomic E-state index is -3.86. The van der Waals surface area contributed by atoms with E-state index in [1.54, 1.807) is 36.4 Å². The molecule has 2 N–H and O–H groups in total. The fourth-order valence-corrected chi connectivity index (χ4v) is 4.65. The van der Waals surface area contributed by atoms with Gasteiger partial charge >= 0.3 is 0 Å². The SMILES string of the molecule is Cc1ccc(NS(=O)(=O)c2cccc(NS(=O)(=O)c3ccc(C)cc3)c2)cc1. The maximum Gasteiger partial charge on any atom is 0.261 e. The van der Waals surface area contributed by atoms with Crippen molar-refractivity contribution in [2.75, 3.05) is 9.44 Å². The van der Waals surface area contributed by atoms with E-state index in [9.17, 15) is 16.8 Å². The highest BCUT2D eigenvalue weighted by molar-refractivity contribution is 7.93. The van der Waals surface area contributed by atoms with Crippen LogP contribution >= 0.6 is 0 Å². The first-order valence-electron chi connectivity index (χ1n) is 8.45. The molecule has 6 nitrogen and oxygen atoms in total. The van der Waals surface area contributed by atoms with Crippen LogP contribution in [0.25, 0.3) is 0 Å². The average Bonchev–Trinajstić information content (AvgIpc) is 2.64. The fourth-order valence-electron chi connectivity index (χ4n) is 2.49. The molecule has 0 saturated heterocycles. The molecule has 3 aromatic carbocycles. The van der Waals surface area contributed by atoms with Gasteiger partial charge in [0.2, 0.25) is 0 Å². The largest absolute Gasteiger partial charge is 0.280 e. The molecule has 0 aliphatic rings. The van der Waals surface area contributed by atoms with E-state index in [1.165, 1.54) is 36.4 Å². The van der Waals surface area contributed by atoms with Gasteiger partial charge in [0, 0.05) is 5.69 Å². The average molecular weight is 417 g/mol. The van der Waals surface area contributed by atoms with Gasteiger partial charge in [-0.05, 0) is 56.3 Å². The number of hydrogen-bond acceptors (Lipinski definition) is 4. The van der Waals surface area contributed by atoms with E-state index in [-0.39, 0.29) is 15.5 Å². The molecule has 0 aromatic heterocycles. The van der Waals surface area contributed by atoms with Gasteiger partial charge in [0.1, 0.15) is 0 Å². The summed E-state index contributed by atoms with van der Waals surface area (Å²) in [6, 6.07) is 19.0. The fraction of sp³-hybridized carbons (Fsp3) is 0.100. The Kier molecular flexibility index (Phi) is 5.44. The second-order valence-corrected chi connectivity index (χ2v) is 9.78. The lowest BCUT2D eigenvalue weighted by molar-refractivity contribution is 0.598. The van der Waals surface area contributed by atoms with Crippen LogP contribution < -0.4 is 9.44 Å². The summed E-state index contributed by atoms with van der Waals surface area (Å²) in [7, 11) is -7.68. The Balaban J connectivity index is 1.85. The lowest BCUT2D eigenvalue weighted by Gasteiger charge is -2.11. The predicted octanol–water partition coefficient (Wildman–Crippen LogP) is 3.91. The van der Waals surface area contributed by atoms with Crippen LogP contribution in [-0.4, -0.2) is 16.8 Å². The Labute approximate surface area is 165 Å². The first-order valence-corrected chi connectivity index (χ1v) is 11.4. The van der Waals surface area contributed by atoms with Crippen LogP contribution in [0.5, 0.6) is 0 Å². The molecular weight excluding hydrogens is 396 g/mol. The van der Waals surface area contributed by atoms with Gasteiger partial charge in [-0.2, -0.15) is 0 Å². The van der Waals surface area contributed by atoms with E-state index in [4.69, 9.17) is 0 Å². The minimum absolute atomic E-state index is 0.0443. The highest BCUT2D eigenvalue weighted by atomic mass is 32.2. The van der Waals surface area contributed by atoms with E-state index in [0.717, 1.165) is 11.1 Å². The summed E-state index contributed by atoms with van der Waals surface area (Å²) < 4.78 is 55.2. The van der Waals surface area contributed by atoms with Crippen LogP contribution in [0.15, 0.2) is 82.6 Å². The minimum Gasteiger partial charge on any atom is -0.280 e. The maximum absolute atomic E-state index is 12.6. The number of aryl methyl sites for hydroxylation is 2. The van der Waals surface area contributed by atoms with Crippen LogP contribution in [0, 0.1) is 13.8 Å². The number of hydrogen-bond donors (Lipinski definition) is 2. The van der Waals surface area contributed by atoms with Crippen LogP contribution in [0.4, 0.5) is 11.4 Å². The molecule has 0 amide bonds. The first-order chi connectivity index (χ1) is 13.2. The number of anilines is 2. The summed E-state index contributed by atoms with van der Waals surface area (Å²) in [4.78, 5) is 0.0568. The third-order valence-corrected chi connectivity index (χ3v) is 6.81. The molecule has 0 unspecified atom stereocenters. The summed E-state index contributed by atoms with van der Waals surface area (Å²) in [5.74, 6) is 0. The van der Waals surface area contributed by atoms with Crippen molar-refractivity contribution in [3.63, 3.8) is 0 Å².